The van der Waals surface area contributed by atoms with Crippen LogP contribution in [0.3, 0.4) is 0 Å². The highest BCUT2D eigenvalue weighted by Crippen LogP contribution is 2.44. The highest BCUT2D eigenvalue weighted by Gasteiger charge is 2.31. The fourth-order valence-electron chi connectivity index (χ4n) is 4.52. The van der Waals surface area contributed by atoms with E-state index in [-0.39, 0.29) is 11.3 Å². The summed E-state index contributed by atoms with van der Waals surface area (Å²) in [5.41, 5.74) is 5.37. The summed E-state index contributed by atoms with van der Waals surface area (Å²) in [6, 6.07) is 21.5. The summed E-state index contributed by atoms with van der Waals surface area (Å²) in [7, 11) is 1.59. The number of aryl methyl sites for hydroxylation is 1. The summed E-state index contributed by atoms with van der Waals surface area (Å²) in [6.45, 7) is 11.5. The molecule has 0 radical (unpaired) electrons. The molecule has 0 saturated heterocycles. The van der Waals surface area contributed by atoms with E-state index in [9.17, 15) is 9.59 Å². The summed E-state index contributed by atoms with van der Waals surface area (Å²) >= 11 is 0. The van der Waals surface area contributed by atoms with E-state index in [1.807, 2.05) is 67.6 Å². The number of imide groups is 1. The number of carbonyl (C=O) groups excluding carboxylic acids is 2. The van der Waals surface area contributed by atoms with Crippen molar-refractivity contribution in [2.24, 2.45) is 0 Å². The zero-order chi connectivity index (χ0) is 28.3. The average Bonchev–Trinajstić information content (AvgIpc) is 3.31. The van der Waals surface area contributed by atoms with Gasteiger partial charge >= 0.3 is 0 Å². The monoisotopic (exact) mass is 526 g/mol. The Morgan fingerprint density at radius 2 is 1.59 bits per heavy atom. The van der Waals surface area contributed by atoms with Crippen LogP contribution in [-0.2, 0) is 21.6 Å². The van der Waals surface area contributed by atoms with Crippen molar-refractivity contribution in [2.45, 2.75) is 53.6 Å². The average molecular weight is 527 g/mol. The van der Waals surface area contributed by atoms with Crippen LogP contribution in [0.1, 0.15) is 51.3 Å². The van der Waals surface area contributed by atoms with Gasteiger partial charge in [0.1, 0.15) is 23.8 Å². The molecule has 7 nitrogen and oxygen atoms in total. The number of amides is 2. The third-order valence-corrected chi connectivity index (χ3v) is 6.51. The van der Waals surface area contributed by atoms with Crippen LogP contribution in [0, 0.1) is 6.92 Å². The molecule has 1 aromatic heterocycles. The van der Waals surface area contributed by atoms with E-state index in [4.69, 9.17) is 14.0 Å². The standard InChI is InChI=1S/C32H34N2O5/c1-20-17-28(38-19-23-11-9-8-10-12-23)27(32(4,5)6)18-26(20)30-29(24-13-15-25(37-7)16-14-24)31(39-33-30)34(21(2)35)22(3)36/h8-18H,19H2,1-7H3. The van der Waals surface area contributed by atoms with Crippen molar-refractivity contribution < 1.29 is 23.6 Å². The molecule has 1 heterocycles. The number of benzene rings is 3. The Bertz CT molecular complexity index is 1470. The number of aromatic nitrogens is 1. The van der Waals surface area contributed by atoms with E-state index in [0.717, 1.165) is 38.5 Å². The molecule has 0 bridgehead atoms. The van der Waals surface area contributed by atoms with Gasteiger partial charge in [0.25, 0.3) is 0 Å². The molecule has 2 amide bonds. The Balaban J connectivity index is 1.90. The van der Waals surface area contributed by atoms with Crippen molar-refractivity contribution in [3.63, 3.8) is 0 Å². The van der Waals surface area contributed by atoms with Gasteiger partial charge < -0.3 is 14.0 Å². The molecule has 0 fully saturated rings. The lowest BCUT2D eigenvalue weighted by Crippen LogP contribution is -2.33. The van der Waals surface area contributed by atoms with Gasteiger partial charge in [0.15, 0.2) is 0 Å². The minimum absolute atomic E-state index is 0.0799. The van der Waals surface area contributed by atoms with Crippen molar-refractivity contribution in [1.82, 2.24) is 5.16 Å². The Morgan fingerprint density at radius 1 is 0.949 bits per heavy atom. The van der Waals surface area contributed by atoms with Crippen molar-refractivity contribution in [2.75, 3.05) is 12.0 Å². The van der Waals surface area contributed by atoms with Gasteiger partial charge in [-0.05, 0) is 53.3 Å². The van der Waals surface area contributed by atoms with Crippen LogP contribution in [0.2, 0.25) is 0 Å². The Labute approximate surface area is 229 Å². The van der Waals surface area contributed by atoms with Gasteiger partial charge in [-0.1, -0.05) is 68.4 Å². The quantitative estimate of drug-likeness (QED) is 0.255. The number of methoxy groups -OCH3 is 1. The Kier molecular flexibility index (Phi) is 7.90. The number of rotatable bonds is 7. The van der Waals surface area contributed by atoms with E-state index in [1.54, 1.807) is 7.11 Å². The van der Waals surface area contributed by atoms with Crippen LogP contribution >= 0.6 is 0 Å². The summed E-state index contributed by atoms with van der Waals surface area (Å²) in [6.07, 6.45) is 0. The molecule has 0 aliphatic rings. The number of carbonyl (C=O) groups is 2. The summed E-state index contributed by atoms with van der Waals surface area (Å²) in [5, 5.41) is 4.41. The number of hydrogen-bond donors (Lipinski definition) is 0. The van der Waals surface area contributed by atoms with E-state index in [1.165, 1.54) is 13.8 Å². The number of ether oxygens (including phenoxy) is 2. The number of nitrogens with zero attached hydrogens (tertiary/aromatic N) is 2. The number of hydrogen-bond acceptors (Lipinski definition) is 6. The maximum Gasteiger partial charge on any atom is 0.249 e. The molecule has 0 atom stereocenters. The first-order chi connectivity index (χ1) is 18.5. The lowest BCUT2D eigenvalue weighted by atomic mass is 9.83. The van der Waals surface area contributed by atoms with Crippen LogP contribution in [0.4, 0.5) is 5.88 Å². The molecule has 4 aromatic rings. The van der Waals surface area contributed by atoms with E-state index in [2.05, 4.69) is 32.0 Å². The van der Waals surface area contributed by atoms with Crippen molar-refractivity contribution in [3.05, 3.63) is 83.4 Å². The highest BCUT2D eigenvalue weighted by atomic mass is 16.5. The lowest BCUT2D eigenvalue weighted by molar-refractivity contribution is -0.124. The molecule has 0 saturated carbocycles. The van der Waals surface area contributed by atoms with Gasteiger partial charge in [0, 0.05) is 25.0 Å². The molecule has 3 aromatic carbocycles. The van der Waals surface area contributed by atoms with E-state index < -0.39 is 11.8 Å². The molecule has 202 valence electrons. The molecule has 0 aliphatic heterocycles. The lowest BCUT2D eigenvalue weighted by Gasteiger charge is -2.25. The first-order valence-corrected chi connectivity index (χ1v) is 12.8. The second kappa shape index (κ2) is 11.2. The van der Waals surface area contributed by atoms with Gasteiger partial charge in [-0.2, -0.15) is 0 Å². The van der Waals surface area contributed by atoms with Gasteiger partial charge in [-0.15, -0.1) is 0 Å². The predicted molar refractivity (Wildman–Crippen MR) is 152 cm³/mol. The normalized spacial score (nSPS) is 11.3. The molecule has 7 heteroatoms. The molecule has 0 unspecified atom stereocenters. The molecular weight excluding hydrogens is 492 g/mol. The fraction of sp³-hybridized carbons (Fsp3) is 0.281. The first kappa shape index (κ1) is 27.6. The SMILES string of the molecule is COc1ccc(-c2c(-c3cc(C(C)(C)C)c(OCc4ccccc4)cc3C)noc2N(C(C)=O)C(C)=O)cc1. The van der Waals surface area contributed by atoms with Gasteiger partial charge in [-0.3, -0.25) is 9.59 Å². The van der Waals surface area contributed by atoms with Gasteiger partial charge in [0.2, 0.25) is 17.7 Å². The summed E-state index contributed by atoms with van der Waals surface area (Å²) in [5.74, 6) is 0.626. The van der Waals surface area contributed by atoms with Crippen LogP contribution in [0.25, 0.3) is 22.4 Å². The molecule has 0 aliphatic carbocycles. The van der Waals surface area contributed by atoms with Crippen LogP contribution in [0.5, 0.6) is 11.5 Å². The van der Waals surface area contributed by atoms with Crippen molar-refractivity contribution in [3.8, 4) is 33.9 Å². The van der Waals surface area contributed by atoms with Crippen molar-refractivity contribution in [1.29, 1.82) is 0 Å². The third-order valence-electron chi connectivity index (χ3n) is 6.51. The van der Waals surface area contributed by atoms with Gasteiger partial charge in [0.05, 0.1) is 12.7 Å². The molecule has 39 heavy (non-hydrogen) atoms. The first-order valence-electron chi connectivity index (χ1n) is 12.8. The van der Waals surface area contributed by atoms with Crippen LogP contribution in [0.15, 0.2) is 71.3 Å². The Hall–Kier alpha value is -4.39. The van der Waals surface area contributed by atoms with Crippen molar-refractivity contribution >= 4 is 17.7 Å². The molecule has 0 spiro atoms. The fourth-order valence-corrected chi connectivity index (χ4v) is 4.52. The Morgan fingerprint density at radius 3 is 2.15 bits per heavy atom. The largest absolute Gasteiger partial charge is 0.497 e. The second-order valence-corrected chi connectivity index (χ2v) is 10.5. The number of anilines is 1. The maximum absolute atomic E-state index is 12.5. The summed E-state index contributed by atoms with van der Waals surface area (Å²) in [4.78, 5) is 26.0. The van der Waals surface area contributed by atoms with Crippen LogP contribution in [-0.4, -0.2) is 24.1 Å². The topological polar surface area (TPSA) is 81.9 Å². The zero-order valence-electron chi connectivity index (χ0n) is 23.5. The predicted octanol–water partition coefficient (Wildman–Crippen LogP) is 7.10. The van der Waals surface area contributed by atoms with Gasteiger partial charge in [-0.25, -0.2) is 4.90 Å². The maximum atomic E-state index is 12.5. The third kappa shape index (κ3) is 5.87. The smallest absolute Gasteiger partial charge is 0.249 e. The molecule has 4 rings (SSSR count). The second-order valence-electron chi connectivity index (χ2n) is 10.5. The molecular formula is C32H34N2O5. The van der Waals surface area contributed by atoms with Crippen LogP contribution < -0.4 is 14.4 Å². The zero-order valence-corrected chi connectivity index (χ0v) is 23.5. The molecule has 0 N–H and O–H groups in total. The summed E-state index contributed by atoms with van der Waals surface area (Å²) < 4.78 is 17.4. The van der Waals surface area contributed by atoms with E-state index in [0.29, 0.717) is 23.6 Å². The minimum Gasteiger partial charge on any atom is -0.497 e. The highest BCUT2D eigenvalue weighted by molar-refractivity contribution is 6.15. The van der Waals surface area contributed by atoms with E-state index >= 15 is 0 Å². The minimum atomic E-state index is -0.461.